The van der Waals surface area contributed by atoms with Crippen LogP contribution in [-0.4, -0.2) is 37.3 Å². The largest absolute Gasteiger partial charge is 0.330 e. The van der Waals surface area contributed by atoms with E-state index in [1.165, 1.54) is 12.8 Å². The lowest BCUT2D eigenvalue weighted by Gasteiger charge is -2.22. The first-order chi connectivity index (χ1) is 5.88. The Balaban J connectivity index is 2.20. The minimum atomic E-state index is -0.209. The van der Waals surface area contributed by atoms with Crippen LogP contribution in [0, 0.1) is 0 Å². The van der Waals surface area contributed by atoms with Crippen molar-refractivity contribution in [1.82, 2.24) is 4.90 Å². The van der Waals surface area contributed by atoms with Crippen molar-refractivity contribution in [3.8, 4) is 0 Å². The van der Waals surface area contributed by atoms with Gasteiger partial charge in [-0.25, -0.2) is 4.39 Å². The minimum Gasteiger partial charge on any atom is -0.330 e. The van der Waals surface area contributed by atoms with Crippen molar-refractivity contribution in [3.63, 3.8) is 0 Å². The van der Waals surface area contributed by atoms with E-state index in [2.05, 4.69) is 4.90 Å². The Morgan fingerprint density at radius 3 is 3.00 bits per heavy atom. The molecule has 2 N–H and O–H groups in total. The summed E-state index contributed by atoms with van der Waals surface area (Å²) in [6, 6.07) is 0.615. The van der Waals surface area contributed by atoms with Crippen molar-refractivity contribution in [2.24, 2.45) is 5.73 Å². The van der Waals surface area contributed by atoms with Gasteiger partial charge in [-0.2, -0.15) is 0 Å². The molecule has 1 aliphatic heterocycles. The summed E-state index contributed by atoms with van der Waals surface area (Å²) >= 11 is 0. The molecule has 1 rings (SSSR count). The van der Waals surface area contributed by atoms with Gasteiger partial charge in [0, 0.05) is 12.6 Å². The van der Waals surface area contributed by atoms with Gasteiger partial charge in [0.25, 0.3) is 0 Å². The number of hydrogen-bond donors (Lipinski definition) is 1. The van der Waals surface area contributed by atoms with E-state index in [4.69, 9.17) is 5.73 Å². The van der Waals surface area contributed by atoms with E-state index in [1.807, 2.05) is 0 Å². The third-order valence-corrected chi connectivity index (χ3v) is 2.61. The summed E-state index contributed by atoms with van der Waals surface area (Å²) in [7, 11) is 0. The second-order valence-corrected chi connectivity index (χ2v) is 3.45. The molecule has 0 aromatic carbocycles. The molecule has 0 aromatic heterocycles. The minimum absolute atomic E-state index is 0.209. The highest BCUT2D eigenvalue weighted by Gasteiger charge is 2.22. The van der Waals surface area contributed by atoms with Gasteiger partial charge < -0.3 is 5.73 Å². The first-order valence-corrected chi connectivity index (χ1v) is 4.88. The third-order valence-electron chi connectivity index (χ3n) is 2.61. The fraction of sp³-hybridized carbons (Fsp3) is 1.00. The Bertz CT molecular complexity index is 119. The molecular formula is C9H19FN2. The van der Waals surface area contributed by atoms with Gasteiger partial charge >= 0.3 is 0 Å². The summed E-state index contributed by atoms with van der Waals surface area (Å²) in [6.07, 6.45) is 4.69. The fourth-order valence-electron chi connectivity index (χ4n) is 1.98. The van der Waals surface area contributed by atoms with E-state index in [-0.39, 0.29) is 6.67 Å². The first kappa shape index (κ1) is 9.93. The van der Waals surface area contributed by atoms with E-state index in [1.54, 1.807) is 0 Å². The molecule has 1 aliphatic rings. The van der Waals surface area contributed by atoms with Crippen LogP contribution in [0.2, 0.25) is 0 Å². The first-order valence-electron chi connectivity index (χ1n) is 4.88. The summed E-state index contributed by atoms with van der Waals surface area (Å²) in [5.74, 6) is 0. The molecule has 1 heterocycles. The molecule has 1 fully saturated rings. The maximum Gasteiger partial charge on any atom is 0.102 e. The topological polar surface area (TPSA) is 29.3 Å². The summed E-state index contributed by atoms with van der Waals surface area (Å²) in [5, 5.41) is 0. The number of nitrogens with zero attached hydrogens (tertiary/aromatic N) is 1. The average molecular weight is 174 g/mol. The van der Waals surface area contributed by atoms with Crippen molar-refractivity contribution >= 4 is 0 Å². The van der Waals surface area contributed by atoms with Gasteiger partial charge in [0.15, 0.2) is 0 Å². The molecule has 12 heavy (non-hydrogen) atoms. The Hall–Kier alpha value is -0.150. The summed E-state index contributed by atoms with van der Waals surface area (Å²) in [6.45, 7) is 2.26. The smallest absolute Gasteiger partial charge is 0.102 e. The number of hydrogen-bond acceptors (Lipinski definition) is 2. The lowest BCUT2D eigenvalue weighted by atomic mass is 10.1. The third kappa shape index (κ3) is 2.72. The second-order valence-electron chi connectivity index (χ2n) is 3.45. The highest BCUT2D eigenvalue weighted by molar-refractivity contribution is 4.78. The van der Waals surface area contributed by atoms with Gasteiger partial charge in [-0.15, -0.1) is 0 Å². The van der Waals surface area contributed by atoms with Gasteiger partial charge in [-0.3, -0.25) is 4.90 Å². The lowest BCUT2D eigenvalue weighted by Crippen LogP contribution is -2.31. The lowest BCUT2D eigenvalue weighted by molar-refractivity contribution is 0.220. The van der Waals surface area contributed by atoms with Crippen LogP contribution >= 0.6 is 0 Å². The Morgan fingerprint density at radius 1 is 1.50 bits per heavy atom. The molecule has 0 radical (unpaired) electrons. The van der Waals surface area contributed by atoms with Crippen LogP contribution in [0.15, 0.2) is 0 Å². The van der Waals surface area contributed by atoms with Crippen molar-refractivity contribution in [2.45, 2.75) is 31.7 Å². The normalized spacial score (nSPS) is 25.0. The molecule has 2 nitrogen and oxygen atoms in total. The summed E-state index contributed by atoms with van der Waals surface area (Å²) in [5.41, 5.74) is 5.43. The van der Waals surface area contributed by atoms with Gasteiger partial charge in [-0.1, -0.05) is 0 Å². The Morgan fingerprint density at radius 2 is 2.33 bits per heavy atom. The van der Waals surface area contributed by atoms with Crippen LogP contribution < -0.4 is 5.73 Å². The van der Waals surface area contributed by atoms with Gasteiger partial charge in [0.1, 0.15) is 6.67 Å². The zero-order valence-corrected chi connectivity index (χ0v) is 7.64. The maximum atomic E-state index is 12.1. The van der Waals surface area contributed by atoms with Gasteiger partial charge in [-0.05, 0) is 38.8 Å². The van der Waals surface area contributed by atoms with Crippen LogP contribution in [-0.2, 0) is 0 Å². The molecule has 1 unspecified atom stereocenters. The summed E-state index contributed by atoms with van der Waals surface area (Å²) < 4.78 is 12.1. The van der Waals surface area contributed by atoms with Crippen LogP contribution in [0.4, 0.5) is 4.39 Å². The highest BCUT2D eigenvalue weighted by Crippen LogP contribution is 2.20. The molecule has 72 valence electrons. The van der Waals surface area contributed by atoms with Crippen molar-refractivity contribution in [3.05, 3.63) is 0 Å². The molecule has 1 saturated heterocycles. The van der Waals surface area contributed by atoms with Crippen molar-refractivity contribution in [2.75, 3.05) is 26.3 Å². The molecule has 0 bridgehead atoms. The van der Waals surface area contributed by atoms with Crippen LogP contribution in [0.25, 0.3) is 0 Å². The summed E-state index contributed by atoms with van der Waals surface area (Å²) in [4.78, 5) is 2.26. The van der Waals surface area contributed by atoms with Crippen molar-refractivity contribution in [1.29, 1.82) is 0 Å². The van der Waals surface area contributed by atoms with Gasteiger partial charge in [0.2, 0.25) is 0 Å². The molecule has 0 aliphatic carbocycles. The second kappa shape index (κ2) is 5.49. The zero-order chi connectivity index (χ0) is 8.81. The molecule has 1 atom stereocenters. The molecule has 0 saturated carbocycles. The van der Waals surface area contributed by atoms with E-state index >= 15 is 0 Å². The quantitative estimate of drug-likeness (QED) is 0.677. The number of alkyl halides is 1. The van der Waals surface area contributed by atoms with Gasteiger partial charge in [0.05, 0.1) is 0 Å². The van der Waals surface area contributed by atoms with E-state index in [9.17, 15) is 4.39 Å². The Labute approximate surface area is 73.9 Å². The molecule has 3 heteroatoms. The predicted molar refractivity (Wildman–Crippen MR) is 48.9 cm³/mol. The number of rotatable bonds is 5. The van der Waals surface area contributed by atoms with Crippen LogP contribution in [0.5, 0.6) is 0 Å². The van der Waals surface area contributed by atoms with Crippen LogP contribution in [0.3, 0.4) is 0 Å². The van der Waals surface area contributed by atoms with E-state index < -0.39 is 0 Å². The standard InChI is InChI=1S/C9H19FN2/c10-5-8-12-7-2-4-9(12)3-1-6-11/h9H,1-8,11H2. The zero-order valence-electron chi connectivity index (χ0n) is 7.64. The Kier molecular flexibility index (Phi) is 4.54. The average Bonchev–Trinajstić information content (AvgIpc) is 2.50. The number of likely N-dealkylation sites (tertiary alicyclic amines) is 1. The van der Waals surface area contributed by atoms with E-state index in [0.717, 1.165) is 25.9 Å². The monoisotopic (exact) mass is 174 g/mol. The number of nitrogens with two attached hydrogens (primary N) is 1. The SMILES string of the molecule is NCCCC1CCCN1CCF. The molecule has 0 amide bonds. The molecule has 0 spiro atoms. The van der Waals surface area contributed by atoms with Crippen molar-refractivity contribution < 1.29 is 4.39 Å². The molecule has 0 aromatic rings. The van der Waals surface area contributed by atoms with E-state index in [0.29, 0.717) is 12.6 Å². The van der Waals surface area contributed by atoms with Crippen LogP contribution in [0.1, 0.15) is 25.7 Å². The number of halogens is 1. The predicted octanol–water partition coefficient (Wildman–Crippen LogP) is 1.16. The fourth-order valence-corrected chi connectivity index (χ4v) is 1.98. The highest BCUT2D eigenvalue weighted by atomic mass is 19.1. The molecular weight excluding hydrogens is 155 g/mol. The maximum absolute atomic E-state index is 12.1.